The van der Waals surface area contributed by atoms with E-state index in [1.54, 1.807) is 19.2 Å². The topological polar surface area (TPSA) is 65.7 Å². The van der Waals surface area contributed by atoms with Crippen molar-refractivity contribution < 1.29 is 14.6 Å². The number of rotatable bonds is 2. The molecule has 0 spiro atoms. The molecule has 0 saturated carbocycles. The molecule has 2 aliphatic rings. The van der Waals surface area contributed by atoms with Crippen LogP contribution in [0.25, 0.3) is 0 Å². The van der Waals surface area contributed by atoms with Gasteiger partial charge in [0.25, 0.3) is 0 Å². The molecule has 112 valence electrons. The highest BCUT2D eigenvalue weighted by Crippen LogP contribution is 2.41. The Bertz CT molecular complexity index is 567. The first-order chi connectivity index (χ1) is 10.1. The number of nitriles is 1. The van der Waals surface area contributed by atoms with Crippen molar-refractivity contribution in [3.05, 3.63) is 29.3 Å². The lowest BCUT2D eigenvalue weighted by Gasteiger charge is -2.50. The second-order valence-electron chi connectivity index (χ2n) is 5.98. The van der Waals surface area contributed by atoms with E-state index in [0.717, 1.165) is 5.56 Å². The minimum absolute atomic E-state index is 0.226. The Hall–Kier alpha value is -1.61. The van der Waals surface area contributed by atoms with Crippen molar-refractivity contribution in [3.63, 3.8) is 0 Å². The van der Waals surface area contributed by atoms with Crippen molar-refractivity contribution in [1.82, 2.24) is 4.90 Å². The zero-order valence-corrected chi connectivity index (χ0v) is 12.4. The molecular formula is C16H20N2O3. The van der Waals surface area contributed by atoms with Crippen LogP contribution in [-0.2, 0) is 10.3 Å². The van der Waals surface area contributed by atoms with Gasteiger partial charge < -0.3 is 14.6 Å². The second-order valence-corrected chi connectivity index (χ2v) is 5.98. The number of ether oxygens (including phenoxy) is 2. The zero-order chi connectivity index (χ0) is 15.0. The molecule has 0 aromatic heterocycles. The summed E-state index contributed by atoms with van der Waals surface area (Å²) in [5.74, 6) is 0.517. The summed E-state index contributed by atoms with van der Waals surface area (Å²) in [7, 11) is 3.64. The fourth-order valence-electron chi connectivity index (χ4n) is 3.45. The summed E-state index contributed by atoms with van der Waals surface area (Å²) in [6, 6.07) is 7.90. The molecule has 2 aliphatic heterocycles. The molecule has 2 unspecified atom stereocenters. The Balaban J connectivity index is 1.94. The minimum Gasteiger partial charge on any atom is -0.495 e. The molecule has 21 heavy (non-hydrogen) atoms. The lowest BCUT2D eigenvalue weighted by molar-refractivity contribution is -0.137. The van der Waals surface area contributed by atoms with Gasteiger partial charge in [-0.25, -0.2) is 0 Å². The summed E-state index contributed by atoms with van der Waals surface area (Å²) in [6.45, 7) is 1.31. The third-order valence-corrected chi connectivity index (χ3v) is 4.78. The fraction of sp³-hybridized carbons (Fsp3) is 0.562. The maximum atomic E-state index is 11.1. The maximum Gasteiger partial charge on any atom is 0.136 e. The van der Waals surface area contributed by atoms with Crippen molar-refractivity contribution in [2.45, 2.75) is 30.5 Å². The van der Waals surface area contributed by atoms with E-state index in [1.807, 2.05) is 6.07 Å². The van der Waals surface area contributed by atoms with Gasteiger partial charge in [0, 0.05) is 12.1 Å². The molecule has 5 nitrogen and oxygen atoms in total. The minimum atomic E-state index is -0.882. The fourth-order valence-corrected chi connectivity index (χ4v) is 3.45. The van der Waals surface area contributed by atoms with E-state index >= 15 is 0 Å². The summed E-state index contributed by atoms with van der Waals surface area (Å²) in [6.07, 6.45) is 1.27. The van der Waals surface area contributed by atoms with E-state index in [4.69, 9.17) is 14.7 Å². The van der Waals surface area contributed by atoms with Crippen LogP contribution in [0.1, 0.15) is 24.0 Å². The van der Waals surface area contributed by atoms with Crippen LogP contribution in [0.5, 0.6) is 5.75 Å². The van der Waals surface area contributed by atoms with E-state index in [-0.39, 0.29) is 12.1 Å². The third kappa shape index (κ3) is 2.40. The molecule has 0 aliphatic carbocycles. The Labute approximate surface area is 124 Å². The Morgan fingerprint density at radius 1 is 1.38 bits per heavy atom. The number of methoxy groups -OCH3 is 1. The van der Waals surface area contributed by atoms with Crippen molar-refractivity contribution >= 4 is 0 Å². The van der Waals surface area contributed by atoms with Crippen molar-refractivity contribution in [3.8, 4) is 11.8 Å². The van der Waals surface area contributed by atoms with Gasteiger partial charge in [-0.1, -0.05) is 6.07 Å². The van der Waals surface area contributed by atoms with Gasteiger partial charge in [0.1, 0.15) is 11.8 Å². The number of morpholine rings is 1. The first-order valence-corrected chi connectivity index (χ1v) is 7.18. The van der Waals surface area contributed by atoms with Gasteiger partial charge in [-0.05, 0) is 37.6 Å². The Kier molecular flexibility index (Phi) is 3.62. The second kappa shape index (κ2) is 5.30. The molecule has 2 fully saturated rings. The number of hydrogen-bond donors (Lipinski definition) is 1. The molecule has 2 bridgehead atoms. The van der Waals surface area contributed by atoms with Crippen LogP contribution >= 0.6 is 0 Å². The largest absolute Gasteiger partial charge is 0.495 e. The van der Waals surface area contributed by atoms with E-state index in [1.165, 1.54) is 0 Å². The van der Waals surface area contributed by atoms with Crippen molar-refractivity contribution in [2.75, 3.05) is 27.4 Å². The quantitative estimate of drug-likeness (QED) is 0.887. The molecule has 3 rings (SSSR count). The SMILES string of the molecule is COc1cc(C2(O)CC3COCC(C2)N3C)ccc1C#N. The lowest BCUT2D eigenvalue weighted by Crippen LogP contribution is -2.59. The molecular weight excluding hydrogens is 268 g/mol. The Morgan fingerprint density at radius 3 is 2.62 bits per heavy atom. The maximum absolute atomic E-state index is 11.1. The predicted molar refractivity (Wildman–Crippen MR) is 77.0 cm³/mol. The van der Waals surface area contributed by atoms with E-state index < -0.39 is 5.60 Å². The van der Waals surface area contributed by atoms with Gasteiger partial charge in [0.2, 0.25) is 0 Å². The van der Waals surface area contributed by atoms with Gasteiger partial charge in [-0.15, -0.1) is 0 Å². The molecule has 2 saturated heterocycles. The highest BCUT2D eigenvalue weighted by atomic mass is 16.5. The van der Waals surface area contributed by atoms with Crippen LogP contribution in [0.3, 0.4) is 0 Å². The van der Waals surface area contributed by atoms with Crippen LogP contribution in [-0.4, -0.2) is 49.5 Å². The number of nitrogens with zero attached hydrogens (tertiary/aromatic N) is 2. The summed E-state index contributed by atoms with van der Waals surface area (Å²) in [5.41, 5.74) is 0.428. The van der Waals surface area contributed by atoms with Gasteiger partial charge in [-0.2, -0.15) is 5.26 Å². The molecule has 0 radical (unpaired) electrons. The number of benzene rings is 1. The first kappa shape index (κ1) is 14.3. The van der Waals surface area contributed by atoms with Gasteiger partial charge >= 0.3 is 0 Å². The number of hydrogen-bond acceptors (Lipinski definition) is 5. The van der Waals surface area contributed by atoms with Gasteiger partial charge in [0.15, 0.2) is 0 Å². The number of fused-ring (bicyclic) bond motifs is 2. The van der Waals surface area contributed by atoms with Crippen molar-refractivity contribution in [2.24, 2.45) is 0 Å². The standard InChI is InChI=1S/C16H20N2O3/c1-18-13-6-16(19,7-14(18)10-21-9-13)12-4-3-11(8-17)15(5-12)20-2/h3-5,13-14,19H,6-7,9-10H2,1-2H3. The number of piperidine rings is 1. The average molecular weight is 288 g/mol. The van der Waals surface area contributed by atoms with Gasteiger partial charge in [0.05, 0.1) is 31.5 Å². The smallest absolute Gasteiger partial charge is 0.136 e. The molecule has 2 heterocycles. The van der Waals surface area contributed by atoms with Crippen molar-refractivity contribution in [1.29, 1.82) is 5.26 Å². The monoisotopic (exact) mass is 288 g/mol. The summed E-state index contributed by atoms with van der Waals surface area (Å²) >= 11 is 0. The lowest BCUT2D eigenvalue weighted by atomic mass is 9.77. The van der Waals surface area contributed by atoms with E-state index in [0.29, 0.717) is 37.4 Å². The van der Waals surface area contributed by atoms with Crippen LogP contribution < -0.4 is 4.74 Å². The zero-order valence-electron chi connectivity index (χ0n) is 12.4. The summed E-state index contributed by atoms with van der Waals surface area (Å²) in [5, 5.41) is 20.2. The summed E-state index contributed by atoms with van der Waals surface area (Å²) < 4.78 is 10.9. The van der Waals surface area contributed by atoms with Crippen LogP contribution in [0, 0.1) is 11.3 Å². The Morgan fingerprint density at radius 2 is 2.05 bits per heavy atom. The van der Waals surface area contributed by atoms with Crippen LogP contribution in [0.15, 0.2) is 18.2 Å². The third-order valence-electron chi connectivity index (χ3n) is 4.78. The summed E-state index contributed by atoms with van der Waals surface area (Å²) in [4.78, 5) is 2.30. The normalized spacial score (nSPS) is 32.5. The molecule has 2 atom stereocenters. The number of likely N-dealkylation sites (N-methyl/N-ethyl adjacent to an activating group) is 1. The highest BCUT2D eigenvalue weighted by Gasteiger charge is 2.45. The van der Waals surface area contributed by atoms with Crippen LogP contribution in [0.4, 0.5) is 0 Å². The van der Waals surface area contributed by atoms with E-state index in [9.17, 15) is 5.11 Å². The molecule has 1 aromatic rings. The molecule has 1 N–H and O–H groups in total. The van der Waals surface area contributed by atoms with Gasteiger partial charge in [-0.3, -0.25) is 4.90 Å². The van der Waals surface area contributed by atoms with E-state index in [2.05, 4.69) is 18.0 Å². The molecule has 0 amide bonds. The van der Waals surface area contributed by atoms with Crippen LogP contribution in [0.2, 0.25) is 0 Å². The molecule has 5 heteroatoms. The first-order valence-electron chi connectivity index (χ1n) is 7.18. The average Bonchev–Trinajstić information content (AvgIpc) is 2.48. The molecule has 1 aromatic carbocycles. The predicted octanol–water partition coefficient (Wildman–Crippen LogP) is 1.25. The number of aliphatic hydroxyl groups is 1. The highest BCUT2D eigenvalue weighted by molar-refractivity contribution is 5.46.